The Morgan fingerprint density at radius 2 is 1.93 bits per heavy atom. The Hall–Kier alpha value is -3.18. The van der Waals surface area contributed by atoms with E-state index in [4.69, 9.17) is 4.42 Å². The van der Waals surface area contributed by atoms with Gasteiger partial charge in [-0.2, -0.15) is 4.98 Å². The molecule has 0 saturated heterocycles. The van der Waals surface area contributed by atoms with E-state index in [1.54, 1.807) is 43.5 Å². The average molecular weight is 404 g/mol. The summed E-state index contributed by atoms with van der Waals surface area (Å²) in [7, 11) is -3.24. The lowest BCUT2D eigenvalue weighted by molar-refractivity contribution is 0.262. The Balaban J connectivity index is 1.59. The molecule has 0 spiro atoms. The van der Waals surface area contributed by atoms with E-state index >= 15 is 0 Å². The first-order valence-electron chi connectivity index (χ1n) is 8.38. The van der Waals surface area contributed by atoms with Crippen molar-refractivity contribution in [2.45, 2.75) is 6.92 Å². The molecule has 0 aliphatic heterocycles. The molecule has 0 radical (unpaired) electrons. The first-order chi connectivity index (χ1) is 13.3. The summed E-state index contributed by atoms with van der Waals surface area (Å²) < 4.78 is 29.7. The van der Waals surface area contributed by atoms with Crippen molar-refractivity contribution in [1.82, 2.24) is 14.7 Å². The number of carbonyl (C=O) groups is 1. The number of sulfonamides is 1. The zero-order valence-electron chi connectivity index (χ0n) is 15.3. The molecule has 0 aliphatic carbocycles. The van der Waals surface area contributed by atoms with E-state index < -0.39 is 16.1 Å². The number of amides is 2. The molecule has 148 valence electrons. The lowest BCUT2D eigenvalue weighted by Crippen LogP contribution is -2.28. The van der Waals surface area contributed by atoms with Gasteiger partial charge in [0.25, 0.3) is 0 Å². The lowest BCUT2D eigenvalue weighted by atomic mass is 10.2. The minimum absolute atomic E-state index is 0.125. The standard InChI is InChI=1S/C17H20N6O4S/c1-11-9-15(18-6-7-19-28(2,25)26)22-16(20-11)23-17(24)21-13-3-4-14-12(10-13)5-8-27-14/h3-5,8-10,19H,6-7H2,1-2H3,(H3,18,20,21,22,23,24). The Bertz CT molecular complexity index is 1100. The predicted molar refractivity (Wildman–Crippen MR) is 107 cm³/mol. The number of nitrogens with one attached hydrogen (secondary N) is 4. The van der Waals surface area contributed by atoms with Gasteiger partial charge in [0.2, 0.25) is 16.0 Å². The first kappa shape index (κ1) is 19.6. The van der Waals surface area contributed by atoms with Gasteiger partial charge in [0.15, 0.2) is 0 Å². The van der Waals surface area contributed by atoms with Gasteiger partial charge < -0.3 is 15.1 Å². The fourth-order valence-corrected chi connectivity index (χ4v) is 2.92. The third kappa shape index (κ3) is 5.66. The number of carbonyl (C=O) groups excluding carboxylic acids is 1. The second-order valence-electron chi connectivity index (χ2n) is 6.06. The summed E-state index contributed by atoms with van der Waals surface area (Å²) in [5.41, 5.74) is 1.97. The molecular formula is C17H20N6O4S. The number of nitrogens with zero attached hydrogens (tertiary/aromatic N) is 2. The summed E-state index contributed by atoms with van der Waals surface area (Å²) in [4.78, 5) is 20.6. The highest BCUT2D eigenvalue weighted by atomic mass is 32.2. The van der Waals surface area contributed by atoms with E-state index in [1.165, 1.54) is 0 Å². The summed E-state index contributed by atoms with van der Waals surface area (Å²) in [5, 5.41) is 9.14. The number of aryl methyl sites for hydroxylation is 1. The van der Waals surface area contributed by atoms with E-state index in [9.17, 15) is 13.2 Å². The van der Waals surface area contributed by atoms with E-state index in [2.05, 4.69) is 30.6 Å². The van der Waals surface area contributed by atoms with Gasteiger partial charge in [0.05, 0.1) is 12.5 Å². The molecule has 0 atom stereocenters. The number of hydrogen-bond acceptors (Lipinski definition) is 7. The van der Waals surface area contributed by atoms with Crippen molar-refractivity contribution in [2.75, 3.05) is 35.3 Å². The molecular weight excluding hydrogens is 384 g/mol. The van der Waals surface area contributed by atoms with Crippen LogP contribution in [-0.4, -0.2) is 43.8 Å². The molecule has 2 amide bonds. The van der Waals surface area contributed by atoms with Crippen LogP contribution in [0.3, 0.4) is 0 Å². The topological polar surface area (TPSA) is 138 Å². The molecule has 0 unspecified atom stereocenters. The number of aromatic nitrogens is 2. The van der Waals surface area contributed by atoms with Gasteiger partial charge in [-0.05, 0) is 31.2 Å². The number of anilines is 3. The van der Waals surface area contributed by atoms with Crippen molar-refractivity contribution < 1.29 is 17.6 Å². The van der Waals surface area contributed by atoms with Crippen molar-refractivity contribution in [3.8, 4) is 0 Å². The van der Waals surface area contributed by atoms with Crippen LogP contribution < -0.4 is 20.7 Å². The molecule has 4 N–H and O–H groups in total. The van der Waals surface area contributed by atoms with Crippen LogP contribution in [0.15, 0.2) is 41.0 Å². The molecule has 0 bridgehead atoms. The van der Waals surface area contributed by atoms with Gasteiger partial charge in [0, 0.05) is 35.9 Å². The third-order valence-corrected chi connectivity index (χ3v) is 4.31. The zero-order chi connectivity index (χ0) is 20.1. The summed E-state index contributed by atoms with van der Waals surface area (Å²) in [6.07, 6.45) is 2.67. The Kier molecular flexibility index (Phi) is 5.76. The quantitative estimate of drug-likeness (QED) is 0.443. The summed E-state index contributed by atoms with van der Waals surface area (Å²) in [6.45, 7) is 2.30. The SMILES string of the molecule is Cc1cc(NCCNS(C)(=O)=O)nc(NC(=O)Nc2ccc3occc3c2)n1. The largest absolute Gasteiger partial charge is 0.464 e. The summed E-state index contributed by atoms with van der Waals surface area (Å²) >= 11 is 0. The first-order valence-corrected chi connectivity index (χ1v) is 10.3. The third-order valence-electron chi connectivity index (χ3n) is 3.59. The number of hydrogen-bond donors (Lipinski definition) is 4. The molecule has 1 aromatic carbocycles. The Morgan fingerprint density at radius 3 is 2.71 bits per heavy atom. The van der Waals surface area contributed by atoms with E-state index in [0.717, 1.165) is 17.2 Å². The number of fused-ring (bicyclic) bond motifs is 1. The minimum atomic E-state index is -3.24. The van der Waals surface area contributed by atoms with Crippen molar-refractivity contribution in [2.24, 2.45) is 0 Å². The van der Waals surface area contributed by atoms with Crippen molar-refractivity contribution in [3.63, 3.8) is 0 Å². The van der Waals surface area contributed by atoms with Crippen LogP contribution in [0.4, 0.5) is 22.2 Å². The van der Waals surface area contributed by atoms with Crippen LogP contribution in [0, 0.1) is 6.92 Å². The van der Waals surface area contributed by atoms with Crippen molar-refractivity contribution >= 4 is 44.5 Å². The molecule has 0 saturated carbocycles. The van der Waals surface area contributed by atoms with Crippen LogP contribution in [0.25, 0.3) is 11.0 Å². The van der Waals surface area contributed by atoms with Gasteiger partial charge in [-0.1, -0.05) is 0 Å². The van der Waals surface area contributed by atoms with E-state index in [1.807, 2.05) is 0 Å². The maximum Gasteiger partial charge on any atom is 0.326 e. The predicted octanol–water partition coefficient (Wildman–Crippen LogP) is 2.14. The number of urea groups is 1. The van der Waals surface area contributed by atoms with Crippen molar-refractivity contribution in [1.29, 1.82) is 0 Å². The normalized spacial score (nSPS) is 11.4. The molecule has 28 heavy (non-hydrogen) atoms. The van der Waals surface area contributed by atoms with Gasteiger partial charge in [-0.25, -0.2) is 22.9 Å². The van der Waals surface area contributed by atoms with Crippen LogP contribution in [0.1, 0.15) is 5.69 Å². The van der Waals surface area contributed by atoms with Crippen LogP contribution in [0.2, 0.25) is 0 Å². The maximum absolute atomic E-state index is 12.2. The van der Waals surface area contributed by atoms with Crippen LogP contribution in [0.5, 0.6) is 0 Å². The molecule has 3 aromatic rings. The molecule has 0 fully saturated rings. The highest BCUT2D eigenvalue weighted by molar-refractivity contribution is 7.88. The van der Waals surface area contributed by atoms with Gasteiger partial charge in [0.1, 0.15) is 11.4 Å². The lowest BCUT2D eigenvalue weighted by Gasteiger charge is -2.10. The van der Waals surface area contributed by atoms with Crippen LogP contribution >= 0.6 is 0 Å². The highest BCUT2D eigenvalue weighted by Crippen LogP contribution is 2.20. The highest BCUT2D eigenvalue weighted by Gasteiger charge is 2.08. The second kappa shape index (κ2) is 8.23. The second-order valence-corrected chi connectivity index (χ2v) is 7.90. The van der Waals surface area contributed by atoms with Gasteiger partial charge in [-0.3, -0.25) is 5.32 Å². The molecule has 2 heterocycles. The van der Waals surface area contributed by atoms with E-state index in [0.29, 0.717) is 23.7 Å². The summed E-state index contributed by atoms with van der Waals surface area (Å²) in [6, 6.07) is 8.29. The Labute approximate surface area is 161 Å². The monoisotopic (exact) mass is 404 g/mol. The Morgan fingerprint density at radius 1 is 1.11 bits per heavy atom. The molecule has 2 aromatic heterocycles. The zero-order valence-corrected chi connectivity index (χ0v) is 16.1. The van der Waals surface area contributed by atoms with Gasteiger partial charge in [-0.15, -0.1) is 0 Å². The fourth-order valence-electron chi connectivity index (χ4n) is 2.45. The van der Waals surface area contributed by atoms with Crippen molar-refractivity contribution in [3.05, 3.63) is 42.3 Å². The van der Waals surface area contributed by atoms with Gasteiger partial charge >= 0.3 is 6.03 Å². The molecule has 11 heteroatoms. The van der Waals surface area contributed by atoms with E-state index in [-0.39, 0.29) is 12.5 Å². The number of rotatable bonds is 7. The number of benzene rings is 1. The minimum Gasteiger partial charge on any atom is -0.464 e. The maximum atomic E-state index is 12.2. The average Bonchev–Trinajstić information content (AvgIpc) is 3.05. The van der Waals surface area contributed by atoms with Crippen LogP contribution in [-0.2, 0) is 10.0 Å². The fraction of sp³-hybridized carbons (Fsp3) is 0.235. The molecule has 0 aliphatic rings. The molecule has 3 rings (SSSR count). The number of furan rings is 1. The smallest absolute Gasteiger partial charge is 0.326 e. The molecule has 10 nitrogen and oxygen atoms in total. The summed E-state index contributed by atoms with van der Waals surface area (Å²) in [5.74, 6) is 0.596.